The molecule has 0 aromatic heterocycles. The Labute approximate surface area is 148 Å². The van der Waals surface area contributed by atoms with E-state index in [0.717, 1.165) is 40.4 Å². The fraction of sp³-hybridized carbons (Fsp3) is 0.316. The third kappa shape index (κ3) is 4.69. The summed E-state index contributed by atoms with van der Waals surface area (Å²) in [6, 6.07) is 12.0. The van der Waals surface area contributed by atoms with E-state index in [9.17, 15) is 0 Å². The Morgan fingerprint density at radius 1 is 1.22 bits per heavy atom. The molecule has 0 spiro atoms. The minimum atomic E-state index is 0.403. The largest absolute Gasteiger partial charge is 0.488 e. The van der Waals surface area contributed by atoms with Crippen molar-refractivity contribution >= 4 is 34.5 Å². The van der Waals surface area contributed by atoms with Crippen molar-refractivity contribution in [2.24, 2.45) is 0 Å². The van der Waals surface area contributed by atoms with Crippen molar-refractivity contribution in [3.05, 3.63) is 58.1 Å². The first kappa shape index (κ1) is 17.8. The molecular weight excluding hydrogens is 326 g/mol. The summed E-state index contributed by atoms with van der Waals surface area (Å²) in [5, 5.41) is 3.91. The Bertz CT molecular complexity index is 700. The highest BCUT2D eigenvalue weighted by Gasteiger charge is 2.10. The van der Waals surface area contributed by atoms with Gasteiger partial charge in [0.1, 0.15) is 12.4 Å². The molecule has 0 heterocycles. The minimum absolute atomic E-state index is 0.403. The summed E-state index contributed by atoms with van der Waals surface area (Å²) in [5.41, 5.74) is 4.27. The van der Waals surface area contributed by atoms with Crippen LogP contribution in [0.3, 0.4) is 0 Å². The predicted octanol–water partition coefficient (Wildman–Crippen LogP) is 5.94. The van der Waals surface area contributed by atoms with Crippen molar-refractivity contribution in [3.63, 3.8) is 0 Å². The van der Waals surface area contributed by atoms with Crippen molar-refractivity contribution < 1.29 is 4.74 Å². The van der Waals surface area contributed by atoms with Gasteiger partial charge in [-0.2, -0.15) is 0 Å². The molecule has 0 fully saturated rings. The number of halogens is 1. The molecule has 2 aromatic carbocycles. The summed E-state index contributed by atoms with van der Waals surface area (Å²) in [5.74, 6) is 0.881. The van der Waals surface area contributed by atoms with E-state index in [1.807, 2.05) is 31.2 Å². The van der Waals surface area contributed by atoms with E-state index < -0.39 is 0 Å². The zero-order valence-electron chi connectivity index (χ0n) is 13.8. The van der Waals surface area contributed by atoms with Crippen molar-refractivity contribution in [2.75, 3.05) is 5.32 Å². The van der Waals surface area contributed by atoms with Gasteiger partial charge in [0.2, 0.25) is 0 Å². The van der Waals surface area contributed by atoms with Gasteiger partial charge in [0.15, 0.2) is 0 Å². The fourth-order valence-electron chi connectivity index (χ4n) is 2.30. The molecule has 0 aliphatic carbocycles. The van der Waals surface area contributed by atoms with Crippen LogP contribution >= 0.6 is 23.8 Å². The van der Waals surface area contributed by atoms with E-state index in [-0.39, 0.29) is 0 Å². The number of aryl methyl sites for hydroxylation is 2. The number of ether oxygens (including phenoxy) is 1. The van der Waals surface area contributed by atoms with Crippen LogP contribution in [0.2, 0.25) is 5.02 Å². The van der Waals surface area contributed by atoms with E-state index in [1.165, 1.54) is 5.56 Å². The van der Waals surface area contributed by atoms with Gasteiger partial charge in [-0.1, -0.05) is 55.9 Å². The van der Waals surface area contributed by atoms with Crippen LogP contribution in [-0.2, 0) is 13.0 Å². The molecule has 0 bridgehead atoms. The van der Waals surface area contributed by atoms with Crippen molar-refractivity contribution in [1.82, 2.24) is 0 Å². The summed E-state index contributed by atoms with van der Waals surface area (Å²) < 4.78 is 5.99. The van der Waals surface area contributed by atoms with E-state index in [2.05, 4.69) is 31.3 Å². The van der Waals surface area contributed by atoms with Crippen molar-refractivity contribution in [1.29, 1.82) is 0 Å². The molecule has 23 heavy (non-hydrogen) atoms. The first-order valence-corrected chi connectivity index (χ1v) is 8.63. The molecule has 0 aliphatic heterocycles. The molecule has 0 aliphatic rings. The highest BCUT2D eigenvalue weighted by molar-refractivity contribution is 7.80. The van der Waals surface area contributed by atoms with Gasteiger partial charge in [-0.15, -0.1) is 0 Å². The van der Waals surface area contributed by atoms with Crippen LogP contribution < -0.4 is 10.1 Å². The van der Waals surface area contributed by atoms with Crippen molar-refractivity contribution in [2.45, 2.75) is 40.2 Å². The number of hydrogen-bond acceptors (Lipinski definition) is 2. The molecule has 0 amide bonds. The SMILES string of the molecule is CCC(=S)Nc1cccc(Cl)c1COc1ccc(CC)cc1C. The fourth-order valence-corrected chi connectivity index (χ4v) is 2.64. The monoisotopic (exact) mass is 347 g/mol. The van der Waals surface area contributed by atoms with Crippen LogP contribution in [0.1, 0.15) is 37.0 Å². The molecule has 0 unspecified atom stereocenters. The Morgan fingerprint density at radius 3 is 2.65 bits per heavy atom. The number of benzene rings is 2. The van der Waals surface area contributed by atoms with Crippen LogP contribution in [-0.4, -0.2) is 4.99 Å². The maximum Gasteiger partial charge on any atom is 0.122 e. The average Bonchev–Trinajstić information content (AvgIpc) is 2.55. The molecule has 1 N–H and O–H groups in total. The Morgan fingerprint density at radius 2 is 2.00 bits per heavy atom. The van der Waals surface area contributed by atoms with Crippen LogP contribution in [0.25, 0.3) is 0 Å². The smallest absolute Gasteiger partial charge is 0.122 e. The molecule has 4 heteroatoms. The summed E-state index contributed by atoms with van der Waals surface area (Å²) in [4.78, 5) is 0.789. The molecule has 0 saturated heterocycles. The van der Waals surface area contributed by atoms with Gasteiger partial charge < -0.3 is 10.1 Å². The Hall–Kier alpha value is -1.58. The van der Waals surface area contributed by atoms with Crippen LogP contribution in [0.4, 0.5) is 5.69 Å². The molecular formula is C19H22ClNOS. The van der Waals surface area contributed by atoms with Crippen molar-refractivity contribution in [3.8, 4) is 5.75 Å². The standard InChI is InChI=1S/C19H22ClNOS/c1-4-14-9-10-18(13(3)11-14)22-12-15-16(20)7-6-8-17(15)21-19(23)5-2/h6-11H,4-5,12H2,1-3H3,(H,21,23). The Kier molecular flexibility index (Phi) is 6.43. The molecule has 2 rings (SSSR count). The molecule has 2 nitrogen and oxygen atoms in total. The van der Waals surface area contributed by atoms with E-state index >= 15 is 0 Å². The zero-order valence-corrected chi connectivity index (χ0v) is 15.4. The second-order valence-electron chi connectivity index (χ2n) is 5.41. The lowest BCUT2D eigenvalue weighted by atomic mass is 10.1. The highest BCUT2D eigenvalue weighted by Crippen LogP contribution is 2.28. The van der Waals surface area contributed by atoms with Gasteiger partial charge in [0.05, 0.1) is 4.99 Å². The lowest BCUT2D eigenvalue weighted by molar-refractivity contribution is 0.305. The first-order valence-electron chi connectivity index (χ1n) is 7.84. The zero-order chi connectivity index (χ0) is 16.8. The summed E-state index contributed by atoms with van der Waals surface area (Å²) in [6.45, 7) is 6.63. The maximum absolute atomic E-state index is 6.35. The lowest BCUT2D eigenvalue weighted by Gasteiger charge is -2.16. The molecule has 2 aromatic rings. The van der Waals surface area contributed by atoms with E-state index in [0.29, 0.717) is 11.6 Å². The molecule has 0 atom stereocenters. The van der Waals surface area contributed by atoms with Crippen LogP contribution in [0, 0.1) is 6.92 Å². The predicted molar refractivity (Wildman–Crippen MR) is 103 cm³/mol. The quantitative estimate of drug-likeness (QED) is 0.653. The van der Waals surface area contributed by atoms with E-state index in [1.54, 1.807) is 0 Å². The van der Waals surface area contributed by atoms with Crippen LogP contribution in [0.15, 0.2) is 36.4 Å². The van der Waals surface area contributed by atoms with E-state index in [4.69, 9.17) is 28.6 Å². The van der Waals surface area contributed by atoms with Gasteiger partial charge in [-0.05, 0) is 49.1 Å². The number of nitrogens with one attached hydrogen (secondary N) is 1. The second-order valence-corrected chi connectivity index (χ2v) is 6.31. The van der Waals surface area contributed by atoms with Gasteiger partial charge >= 0.3 is 0 Å². The second kappa shape index (κ2) is 8.32. The summed E-state index contributed by atoms with van der Waals surface area (Å²) in [7, 11) is 0. The van der Waals surface area contributed by atoms with Gasteiger partial charge in [-0.3, -0.25) is 0 Å². The third-order valence-corrected chi connectivity index (χ3v) is 4.48. The maximum atomic E-state index is 6.35. The molecule has 122 valence electrons. The minimum Gasteiger partial charge on any atom is -0.488 e. The number of anilines is 1. The lowest BCUT2D eigenvalue weighted by Crippen LogP contribution is -2.10. The van der Waals surface area contributed by atoms with Gasteiger partial charge in [-0.25, -0.2) is 0 Å². The van der Waals surface area contributed by atoms with Crippen LogP contribution in [0.5, 0.6) is 5.75 Å². The summed E-state index contributed by atoms with van der Waals surface area (Å²) in [6.07, 6.45) is 1.81. The topological polar surface area (TPSA) is 21.3 Å². The summed E-state index contributed by atoms with van der Waals surface area (Å²) >= 11 is 11.6. The number of thiocarbonyl (C=S) groups is 1. The normalized spacial score (nSPS) is 10.4. The molecule has 0 radical (unpaired) electrons. The Balaban J connectivity index is 2.18. The van der Waals surface area contributed by atoms with Gasteiger partial charge in [0, 0.05) is 16.3 Å². The highest BCUT2D eigenvalue weighted by atomic mass is 35.5. The number of hydrogen-bond donors (Lipinski definition) is 1. The third-order valence-electron chi connectivity index (χ3n) is 3.73. The number of rotatable bonds is 6. The van der Waals surface area contributed by atoms with Gasteiger partial charge in [0.25, 0.3) is 0 Å². The molecule has 0 saturated carbocycles. The first-order chi connectivity index (χ1) is 11.0. The average molecular weight is 348 g/mol.